The molecule has 0 saturated heterocycles. The van der Waals surface area contributed by atoms with E-state index >= 15 is 0 Å². The number of nitrogens with zero attached hydrogens (tertiary/aromatic N) is 1. The normalized spacial score (nSPS) is 17.1. The quantitative estimate of drug-likeness (QED) is 0.695. The van der Waals surface area contributed by atoms with Crippen molar-refractivity contribution >= 4 is 16.7 Å². The highest BCUT2D eigenvalue weighted by molar-refractivity contribution is 6.04. The summed E-state index contributed by atoms with van der Waals surface area (Å²) in [6.07, 6.45) is 5.42. The van der Waals surface area contributed by atoms with Gasteiger partial charge in [0.15, 0.2) is 17.2 Å². The van der Waals surface area contributed by atoms with Crippen molar-refractivity contribution in [1.29, 1.82) is 0 Å². The molecule has 30 heavy (non-hydrogen) atoms. The number of ether oxygens (including phenoxy) is 2. The van der Waals surface area contributed by atoms with E-state index in [9.17, 15) is 9.59 Å². The van der Waals surface area contributed by atoms with E-state index in [1.165, 1.54) is 6.42 Å². The van der Waals surface area contributed by atoms with E-state index in [0.29, 0.717) is 17.3 Å². The van der Waals surface area contributed by atoms with E-state index in [1.54, 1.807) is 24.3 Å². The van der Waals surface area contributed by atoms with Crippen molar-refractivity contribution in [2.45, 2.75) is 37.5 Å². The SMILES string of the molecule is O=C(NCC1(c2ccc3c(c2)OCO3)CCCCC1)c1n[nH]c(=O)c2ccccc12. The fourth-order valence-corrected chi connectivity index (χ4v) is 4.64. The van der Waals surface area contributed by atoms with Crippen LogP contribution < -0.4 is 20.3 Å². The number of nitrogens with one attached hydrogen (secondary N) is 2. The first kappa shape index (κ1) is 18.7. The number of rotatable bonds is 4. The number of hydrogen-bond acceptors (Lipinski definition) is 5. The predicted octanol–water partition coefficient (Wildman–Crippen LogP) is 3.28. The summed E-state index contributed by atoms with van der Waals surface area (Å²) >= 11 is 0. The van der Waals surface area contributed by atoms with Gasteiger partial charge in [0.05, 0.1) is 5.39 Å². The van der Waals surface area contributed by atoms with Crippen LogP contribution in [0, 0.1) is 0 Å². The van der Waals surface area contributed by atoms with Gasteiger partial charge in [-0.1, -0.05) is 43.5 Å². The minimum atomic E-state index is -0.300. The molecular formula is C23H23N3O4. The Kier molecular flexibility index (Phi) is 4.65. The van der Waals surface area contributed by atoms with Gasteiger partial charge in [-0.3, -0.25) is 9.59 Å². The average molecular weight is 405 g/mol. The summed E-state index contributed by atoms with van der Waals surface area (Å²) in [6, 6.07) is 13.1. The molecule has 2 heterocycles. The molecule has 0 bridgehead atoms. The Morgan fingerprint density at radius 2 is 1.80 bits per heavy atom. The number of hydrogen-bond donors (Lipinski definition) is 2. The molecule has 2 aliphatic rings. The van der Waals surface area contributed by atoms with Crippen LogP contribution in [0.15, 0.2) is 47.3 Å². The van der Waals surface area contributed by atoms with Crippen molar-refractivity contribution in [2.75, 3.05) is 13.3 Å². The molecule has 154 valence electrons. The standard InChI is InChI=1S/C23H23N3O4/c27-21-17-7-3-2-6-16(17)20(25-26-21)22(28)24-13-23(10-4-1-5-11-23)15-8-9-18-19(12-15)30-14-29-18/h2-3,6-9,12H,1,4-5,10-11,13-14H2,(H,24,28)(H,26,27). The number of aromatic nitrogens is 2. The van der Waals surface area contributed by atoms with Crippen LogP contribution in [0.25, 0.3) is 10.8 Å². The Labute approximate surface area is 173 Å². The van der Waals surface area contributed by atoms with Crippen molar-refractivity contribution in [3.63, 3.8) is 0 Å². The van der Waals surface area contributed by atoms with Crippen molar-refractivity contribution in [3.8, 4) is 11.5 Å². The molecule has 1 aliphatic heterocycles. The summed E-state index contributed by atoms with van der Waals surface area (Å²) in [5.41, 5.74) is 0.937. The summed E-state index contributed by atoms with van der Waals surface area (Å²) in [5, 5.41) is 10.6. The first-order chi connectivity index (χ1) is 14.7. The van der Waals surface area contributed by atoms with Crippen molar-refractivity contribution in [3.05, 3.63) is 64.1 Å². The number of benzene rings is 2. The molecule has 2 aromatic carbocycles. The van der Waals surface area contributed by atoms with E-state index < -0.39 is 0 Å². The molecule has 7 heteroatoms. The Morgan fingerprint density at radius 3 is 2.63 bits per heavy atom. The van der Waals surface area contributed by atoms with Crippen LogP contribution in [0.1, 0.15) is 48.2 Å². The van der Waals surface area contributed by atoms with Gasteiger partial charge in [-0.2, -0.15) is 5.10 Å². The summed E-state index contributed by atoms with van der Waals surface area (Å²) in [6.45, 7) is 0.744. The van der Waals surface area contributed by atoms with Gasteiger partial charge in [-0.25, -0.2) is 5.10 Å². The first-order valence-corrected chi connectivity index (χ1v) is 10.3. The highest BCUT2D eigenvalue weighted by Gasteiger charge is 2.35. The third-order valence-electron chi connectivity index (χ3n) is 6.29. The summed E-state index contributed by atoms with van der Waals surface area (Å²) in [7, 11) is 0. The smallest absolute Gasteiger partial charge is 0.272 e. The minimum absolute atomic E-state index is 0.160. The van der Waals surface area contributed by atoms with E-state index in [1.807, 2.05) is 12.1 Å². The first-order valence-electron chi connectivity index (χ1n) is 10.3. The fourth-order valence-electron chi connectivity index (χ4n) is 4.64. The second-order valence-electron chi connectivity index (χ2n) is 8.04. The van der Waals surface area contributed by atoms with Gasteiger partial charge in [0.2, 0.25) is 6.79 Å². The highest BCUT2D eigenvalue weighted by atomic mass is 16.7. The summed E-state index contributed by atoms with van der Waals surface area (Å²) in [4.78, 5) is 25.0. The minimum Gasteiger partial charge on any atom is -0.454 e. The maximum absolute atomic E-state index is 13.0. The topological polar surface area (TPSA) is 93.3 Å². The number of carbonyl (C=O) groups is 1. The van der Waals surface area contributed by atoms with Crippen molar-refractivity contribution < 1.29 is 14.3 Å². The van der Waals surface area contributed by atoms with Gasteiger partial charge < -0.3 is 14.8 Å². The molecule has 0 atom stereocenters. The Bertz CT molecular complexity index is 1160. The molecule has 2 N–H and O–H groups in total. The zero-order valence-electron chi connectivity index (χ0n) is 16.6. The lowest BCUT2D eigenvalue weighted by Crippen LogP contribution is -2.42. The van der Waals surface area contributed by atoms with E-state index in [2.05, 4.69) is 21.6 Å². The van der Waals surface area contributed by atoms with Crippen LogP contribution in [-0.4, -0.2) is 29.4 Å². The number of fused-ring (bicyclic) bond motifs is 2. The maximum atomic E-state index is 13.0. The highest BCUT2D eigenvalue weighted by Crippen LogP contribution is 2.43. The number of H-pyrrole nitrogens is 1. The van der Waals surface area contributed by atoms with Gasteiger partial charge in [0, 0.05) is 17.3 Å². The molecule has 1 fully saturated rings. The molecule has 1 saturated carbocycles. The third kappa shape index (κ3) is 3.20. The van der Waals surface area contributed by atoms with Gasteiger partial charge in [0.25, 0.3) is 11.5 Å². The fraction of sp³-hybridized carbons (Fsp3) is 0.348. The Balaban J connectivity index is 1.44. The van der Waals surface area contributed by atoms with Crippen LogP contribution >= 0.6 is 0 Å². The zero-order chi connectivity index (χ0) is 20.6. The summed E-state index contributed by atoms with van der Waals surface area (Å²) in [5.74, 6) is 1.24. The van der Waals surface area contributed by atoms with Gasteiger partial charge >= 0.3 is 0 Å². The predicted molar refractivity (Wildman–Crippen MR) is 112 cm³/mol. The van der Waals surface area contributed by atoms with Crippen LogP contribution in [0.3, 0.4) is 0 Å². The van der Waals surface area contributed by atoms with Gasteiger partial charge in [-0.05, 0) is 36.6 Å². The van der Waals surface area contributed by atoms with E-state index in [0.717, 1.165) is 42.7 Å². The zero-order valence-corrected chi connectivity index (χ0v) is 16.6. The molecule has 3 aromatic rings. The van der Waals surface area contributed by atoms with Crippen LogP contribution in [0.5, 0.6) is 11.5 Å². The molecule has 0 unspecified atom stereocenters. The van der Waals surface area contributed by atoms with Gasteiger partial charge in [0.1, 0.15) is 0 Å². The van der Waals surface area contributed by atoms with Crippen LogP contribution in [0.2, 0.25) is 0 Å². The number of aromatic amines is 1. The molecule has 0 radical (unpaired) electrons. The third-order valence-corrected chi connectivity index (χ3v) is 6.29. The maximum Gasteiger partial charge on any atom is 0.272 e. The number of carbonyl (C=O) groups excluding carboxylic acids is 1. The Morgan fingerprint density at radius 1 is 1.03 bits per heavy atom. The van der Waals surface area contributed by atoms with E-state index in [4.69, 9.17) is 9.47 Å². The number of amides is 1. The Hall–Kier alpha value is -3.35. The van der Waals surface area contributed by atoms with Crippen molar-refractivity contribution in [2.24, 2.45) is 0 Å². The molecular weight excluding hydrogens is 382 g/mol. The second-order valence-corrected chi connectivity index (χ2v) is 8.04. The monoisotopic (exact) mass is 405 g/mol. The van der Waals surface area contributed by atoms with Crippen LogP contribution in [-0.2, 0) is 5.41 Å². The van der Waals surface area contributed by atoms with Crippen LogP contribution in [0.4, 0.5) is 0 Å². The van der Waals surface area contributed by atoms with Crippen molar-refractivity contribution in [1.82, 2.24) is 15.5 Å². The molecule has 7 nitrogen and oxygen atoms in total. The molecule has 1 aromatic heterocycles. The van der Waals surface area contributed by atoms with E-state index in [-0.39, 0.29) is 29.4 Å². The lowest BCUT2D eigenvalue weighted by Gasteiger charge is -2.38. The van der Waals surface area contributed by atoms with Gasteiger partial charge in [-0.15, -0.1) is 0 Å². The lowest BCUT2D eigenvalue weighted by molar-refractivity contribution is 0.0932. The molecule has 1 aliphatic carbocycles. The molecule has 1 amide bonds. The lowest BCUT2D eigenvalue weighted by atomic mass is 9.69. The second kappa shape index (κ2) is 7.48. The average Bonchev–Trinajstić information content (AvgIpc) is 3.27. The largest absolute Gasteiger partial charge is 0.454 e. The molecule has 0 spiro atoms. The molecule has 5 rings (SSSR count). The summed E-state index contributed by atoms with van der Waals surface area (Å²) < 4.78 is 11.0.